The first-order chi connectivity index (χ1) is 56.6. The lowest BCUT2D eigenvalue weighted by Gasteiger charge is -2.44. The van der Waals surface area contributed by atoms with Crippen molar-refractivity contribution in [1.82, 2.24) is 60.0 Å². The number of hydrogen-bond acceptors (Lipinski definition) is 15. The molecule has 0 bridgehead atoms. The van der Waals surface area contributed by atoms with Gasteiger partial charge in [0.05, 0.1) is 53.8 Å². The van der Waals surface area contributed by atoms with Crippen molar-refractivity contribution in [2.24, 2.45) is 16.2 Å². The van der Waals surface area contributed by atoms with E-state index in [-0.39, 0.29) is 54.7 Å². The van der Waals surface area contributed by atoms with E-state index in [0.29, 0.717) is 70.3 Å². The summed E-state index contributed by atoms with van der Waals surface area (Å²) in [7, 11) is 0. The molecule has 0 radical (unpaired) electrons. The van der Waals surface area contributed by atoms with Crippen LogP contribution in [-0.2, 0) is 48.0 Å². The lowest BCUT2D eigenvalue weighted by Crippen LogP contribution is -2.53. The van der Waals surface area contributed by atoms with Crippen LogP contribution in [0.5, 0.6) is 0 Å². The first-order valence-electron chi connectivity index (χ1n) is 43.1. The summed E-state index contributed by atoms with van der Waals surface area (Å²) in [5, 5.41) is 27.2. The van der Waals surface area contributed by atoms with Crippen LogP contribution in [0.1, 0.15) is 238 Å². The van der Waals surface area contributed by atoms with Crippen molar-refractivity contribution < 1.29 is 43.2 Å². The number of piperidine rings is 6. The summed E-state index contributed by atoms with van der Waals surface area (Å²) < 4.78 is 6.48. The van der Waals surface area contributed by atoms with E-state index in [1.54, 1.807) is 14.7 Å². The van der Waals surface area contributed by atoms with Crippen molar-refractivity contribution in [3.05, 3.63) is 178 Å². The fourth-order valence-electron chi connectivity index (χ4n) is 21.5. The van der Waals surface area contributed by atoms with E-state index >= 15 is 0 Å². The van der Waals surface area contributed by atoms with E-state index in [1.807, 2.05) is 73.2 Å². The summed E-state index contributed by atoms with van der Waals surface area (Å²) in [5.41, 5.74) is 12.6. The number of imide groups is 3. The third-order valence-electron chi connectivity index (χ3n) is 28.5. The van der Waals surface area contributed by atoms with Gasteiger partial charge in [-0.25, -0.2) is 0 Å². The topological polar surface area (TPSA) is 263 Å². The number of amides is 9. The lowest BCUT2D eigenvalue weighted by atomic mass is 9.70. The molecule has 0 spiro atoms. The van der Waals surface area contributed by atoms with Crippen LogP contribution in [0.3, 0.4) is 0 Å². The van der Waals surface area contributed by atoms with Crippen LogP contribution in [0.4, 0.5) is 17.1 Å². The Hall–Kier alpha value is -10.6. The normalized spacial score (nSPS) is 23.4. The summed E-state index contributed by atoms with van der Waals surface area (Å²) in [6.45, 7) is 17.9. The third-order valence-corrected chi connectivity index (χ3v) is 28.5. The monoisotopic (exact) mass is 1580 g/mol. The molecule has 21 rings (SSSR count). The first kappa shape index (κ1) is 76.4. The maximum atomic E-state index is 13.4. The zero-order valence-electron chi connectivity index (χ0n) is 67.5. The zero-order chi connectivity index (χ0) is 80.2. The largest absolute Gasteiger partial charge is 0.303 e. The van der Waals surface area contributed by atoms with Gasteiger partial charge >= 0.3 is 0 Å². The molecular formula is C93H105N15O9. The lowest BCUT2D eigenvalue weighted by molar-refractivity contribution is -0.135. The van der Waals surface area contributed by atoms with Crippen molar-refractivity contribution >= 4 is 103 Å². The third kappa shape index (κ3) is 14.7. The van der Waals surface area contributed by atoms with E-state index in [9.17, 15) is 43.2 Å². The molecule has 3 saturated carbocycles. The Morgan fingerprint density at radius 2 is 0.624 bits per heavy atom. The van der Waals surface area contributed by atoms with Gasteiger partial charge in [0.2, 0.25) is 35.4 Å². The smallest absolute Gasteiger partial charge is 0.259 e. The maximum Gasteiger partial charge on any atom is 0.259 e. The number of anilines is 3. The van der Waals surface area contributed by atoms with Gasteiger partial charge in [0, 0.05) is 149 Å². The van der Waals surface area contributed by atoms with E-state index in [4.69, 9.17) is 15.3 Å². The Balaban J connectivity index is 0.000000117. The summed E-state index contributed by atoms with van der Waals surface area (Å²) in [4.78, 5) is 126. The van der Waals surface area contributed by atoms with Crippen LogP contribution >= 0.6 is 0 Å². The van der Waals surface area contributed by atoms with Gasteiger partial charge in [0.25, 0.3) is 17.7 Å². The number of rotatable bonds is 18. The second kappa shape index (κ2) is 30.7. The van der Waals surface area contributed by atoms with Gasteiger partial charge in [0.15, 0.2) is 0 Å². The van der Waals surface area contributed by atoms with Crippen LogP contribution < -0.4 is 30.7 Å². The van der Waals surface area contributed by atoms with Gasteiger partial charge in [-0.15, -0.1) is 0 Å². The molecule has 9 aromatic rings. The molecule has 606 valence electrons. The standard InChI is InChI=1S/3C31H35N5O3/c3*1-31(12-3-13-31)19-34-14-10-22(11-15-34)35-18-20(17-32-35)16-21-6-7-25-28-23(21)4-2-5-24(28)30(39)36(25)26-8-9-27(37)33-29(26)38/h3*2,4-7,17-18,22,26H,3,8-16,19H2,1H3,(H,33,37,38)/t2*26-;/m10./s1. The summed E-state index contributed by atoms with van der Waals surface area (Å²) in [6, 6.07) is 28.8. The Morgan fingerprint density at radius 1 is 0.350 bits per heavy atom. The number of hydrogen-bond donors (Lipinski definition) is 3. The molecule has 24 nitrogen and oxygen atoms in total. The predicted octanol–water partition coefficient (Wildman–Crippen LogP) is 12.7. The van der Waals surface area contributed by atoms with Gasteiger partial charge in [0.1, 0.15) is 18.1 Å². The molecule has 9 fully saturated rings. The molecule has 9 aliphatic heterocycles. The van der Waals surface area contributed by atoms with Crippen LogP contribution in [-0.4, -0.2) is 174 Å². The molecule has 12 aliphatic rings. The molecule has 12 heterocycles. The first-order valence-corrected chi connectivity index (χ1v) is 43.1. The fourth-order valence-corrected chi connectivity index (χ4v) is 21.5. The molecule has 3 atom stereocenters. The minimum absolute atomic E-state index is 0.173. The second-order valence-electron chi connectivity index (χ2n) is 36.9. The van der Waals surface area contributed by atoms with Crippen LogP contribution in [0, 0.1) is 16.2 Å². The number of nitrogens with zero attached hydrogens (tertiary/aromatic N) is 12. The fraction of sp³-hybridized carbons (Fsp3) is 0.484. The molecular weight excluding hydrogens is 1470 g/mol. The van der Waals surface area contributed by atoms with Crippen molar-refractivity contribution in [2.75, 3.05) is 73.6 Å². The molecule has 6 saturated heterocycles. The average molecular weight is 1580 g/mol. The molecule has 9 amide bonds. The molecule has 1 unspecified atom stereocenters. The average Bonchev–Trinajstić information content (AvgIpc) is 1.59. The Labute approximate surface area is 681 Å². The molecule has 6 aromatic carbocycles. The molecule has 3 aliphatic carbocycles. The van der Waals surface area contributed by atoms with Crippen molar-refractivity contribution in [3.63, 3.8) is 0 Å². The van der Waals surface area contributed by atoms with Crippen LogP contribution in [0.2, 0.25) is 0 Å². The minimum atomic E-state index is -0.669. The van der Waals surface area contributed by atoms with Crippen LogP contribution in [0.15, 0.2) is 128 Å². The SMILES string of the molecule is CC1(CN2CCC(n3cc(Cc4ccc5c6c(cccc46)C(=O)N5C4CCC(=O)NC4=O)cn3)CC2)CCC1.CC1(CN2CCC(n3cc(Cc4ccc5c6c(cccc46)C(=O)N5[C@@H]4CCC(=O)NC4=O)cn3)CC2)CCC1.CC1(CN2CCC(n3cc(Cc4ccc5c6c(cccc46)C(=O)N5[C@H]4CCC(=O)NC4=O)cn3)CC2)CCC1. The van der Waals surface area contributed by atoms with Crippen molar-refractivity contribution in [2.45, 2.75) is 211 Å². The Morgan fingerprint density at radius 3 is 0.872 bits per heavy atom. The molecule has 3 N–H and O–H groups in total. The number of benzene rings is 6. The predicted molar refractivity (Wildman–Crippen MR) is 446 cm³/mol. The van der Waals surface area contributed by atoms with Gasteiger partial charge in [-0.3, -0.25) is 87.8 Å². The molecule has 117 heavy (non-hydrogen) atoms. The zero-order valence-corrected chi connectivity index (χ0v) is 67.5. The minimum Gasteiger partial charge on any atom is -0.303 e. The highest BCUT2D eigenvalue weighted by atomic mass is 16.2. The second-order valence-corrected chi connectivity index (χ2v) is 36.9. The molecule has 3 aromatic heterocycles. The van der Waals surface area contributed by atoms with Gasteiger partial charge in [-0.05, 0) is 198 Å². The van der Waals surface area contributed by atoms with Crippen molar-refractivity contribution in [1.29, 1.82) is 0 Å². The van der Waals surface area contributed by atoms with Gasteiger partial charge in [-0.2, -0.15) is 15.3 Å². The summed E-state index contributed by atoms with van der Waals surface area (Å²) in [6.07, 6.45) is 35.6. The Bertz CT molecular complexity index is 4970. The van der Waals surface area contributed by atoms with E-state index in [2.05, 4.69) is 120 Å². The number of likely N-dealkylation sites (tertiary alicyclic amines) is 3. The van der Waals surface area contributed by atoms with Crippen molar-refractivity contribution in [3.8, 4) is 0 Å². The summed E-state index contributed by atoms with van der Waals surface area (Å²) in [5.74, 6) is -2.58. The number of aromatic nitrogens is 6. The Kier molecular flexibility index (Phi) is 20.1. The van der Waals surface area contributed by atoms with Gasteiger partial charge in [-0.1, -0.05) is 94.6 Å². The highest BCUT2D eigenvalue weighted by Crippen LogP contribution is 2.48. The number of nitrogens with one attached hydrogen (secondary N) is 3. The van der Waals surface area contributed by atoms with E-state index in [1.165, 1.54) is 77.4 Å². The highest BCUT2D eigenvalue weighted by Gasteiger charge is 2.46. The quantitative estimate of drug-likeness (QED) is 0.0675. The number of carbonyl (C=O) groups excluding carboxylic acids is 9. The maximum absolute atomic E-state index is 13.4. The summed E-state index contributed by atoms with van der Waals surface area (Å²) >= 11 is 0. The highest BCUT2D eigenvalue weighted by molar-refractivity contribution is 6.30. The van der Waals surface area contributed by atoms with E-state index in [0.717, 1.165) is 180 Å². The molecule has 24 heteroatoms. The van der Waals surface area contributed by atoms with Gasteiger partial charge < -0.3 is 14.7 Å². The van der Waals surface area contributed by atoms with Crippen LogP contribution in [0.25, 0.3) is 32.3 Å². The van der Waals surface area contributed by atoms with E-state index < -0.39 is 35.8 Å². The number of carbonyl (C=O) groups is 9.